The van der Waals surface area contributed by atoms with Crippen molar-refractivity contribution in [2.24, 2.45) is 0 Å². The van der Waals surface area contributed by atoms with E-state index in [1.807, 2.05) is 31.3 Å². The minimum Gasteiger partial charge on any atom is -0.490 e. The van der Waals surface area contributed by atoms with Crippen molar-refractivity contribution in [2.75, 3.05) is 20.2 Å². The van der Waals surface area contributed by atoms with E-state index >= 15 is 0 Å². The summed E-state index contributed by atoms with van der Waals surface area (Å²) in [5.74, 6) is 1.04. The van der Waals surface area contributed by atoms with Crippen LogP contribution in [0.1, 0.15) is 24.1 Å². The summed E-state index contributed by atoms with van der Waals surface area (Å²) in [7, 11) is 1.62. The molecule has 0 unspecified atom stereocenters. The summed E-state index contributed by atoms with van der Waals surface area (Å²) < 4.78 is 25.5. The molecule has 1 saturated heterocycles. The number of rotatable bonds is 5. The number of pyridine rings is 2. The van der Waals surface area contributed by atoms with Gasteiger partial charge in [-0.1, -0.05) is 12.1 Å². The van der Waals surface area contributed by atoms with E-state index in [2.05, 4.69) is 20.9 Å². The van der Waals surface area contributed by atoms with Crippen LogP contribution in [0.3, 0.4) is 0 Å². The first-order valence-electron chi connectivity index (χ1n) is 9.56. The zero-order chi connectivity index (χ0) is 19.5. The van der Waals surface area contributed by atoms with Gasteiger partial charge in [-0.05, 0) is 37.5 Å². The zero-order valence-corrected chi connectivity index (χ0v) is 16.2. The Labute approximate surface area is 164 Å². The number of hydrogen-bond donors (Lipinski definition) is 0. The SMILES string of the molecule is COc1ccc(CN2CCC(Oc3cc(C)nc4c(F)cccc34)CC2)cn1. The maximum Gasteiger partial charge on any atom is 0.212 e. The number of fused-ring (bicyclic) bond motifs is 1. The lowest BCUT2D eigenvalue weighted by Crippen LogP contribution is -2.37. The van der Waals surface area contributed by atoms with Crippen molar-refractivity contribution in [3.8, 4) is 11.6 Å². The van der Waals surface area contributed by atoms with Crippen LogP contribution in [0.2, 0.25) is 0 Å². The average molecular weight is 381 g/mol. The Bertz CT molecular complexity index is 954. The molecule has 3 heterocycles. The van der Waals surface area contributed by atoms with Gasteiger partial charge in [0, 0.05) is 49.0 Å². The molecule has 0 N–H and O–H groups in total. The highest BCUT2D eigenvalue weighted by Gasteiger charge is 2.22. The third-order valence-electron chi connectivity index (χ3n) is 5.12. The summed E-state index contributed by atoms with van der Waals surface area (Å²) in [6.07, 6.45) is 3.85. The van der Waals surface area contributed by atoms with Crippen molar-refractivity contribution in [1.29, 1.82) is 0 Å². The fourth-order valence-electron chi connectivity index (χ4n) is 3.65. The van der Waals surface area contributed by atoms with Crippen LogP contribution in [-0.2, 0) is 6.54 Å². The third kappa shape index (κ3) is 4.07. The molecule has 3 aromatic rings. The van der Waals surface area contributed by atoms with Gasteiger partial charge in [0.1, 0.15) is 23.2 Å². The third-order valence-corrected chi connectivity index (χ3v) is 5.12. The first kappa shape index (κ1) is 18.6. The fraction of sp³-hybridized carbons (Fsp3) is 0.364. The number of hydrogen-bond acceptors (Lipinski definition) is 5. The van der Waals surface area contributed by atoms with E-state index in [9.17, 15) is 4.39 Å². The maximum absolute atomic E-state index is 14.1. The molecule has 6 heteroatoms. The van der Waals surface area contributed by atoms with Crippen molar-refractivity contribution in [3.63, 3.8) is 0 Å². The number of aromatic nitrogens is 2. The van der Waals surface area contributed by atoms with Crippen LogP contribution >= 0.6 is 0 Å². The van der Waals surface area contributed by atoms with Crippen LogP contribution < -0.4 is 9.47 Å². The van der Waals surface area contributed by atoms with Gasteiger partial charge < -0.3 is 9.47 Å². The Morgan fingerprint density at radius 2 is 2.00 bits per heavy atom. The molecule has 0 radical (unpaired) electrons. The number of piperidine rings is 1. The maximum atomic E-state index is 14.1. The summed E-state index contributed by atoms with van der Waals surface area (Å²) in [5.41, 5.74) is 2.31. The van der Waals surface area contributed by atoms with E-state index in [0.717, 1.165) is 49.3 Å². The number of halogens is 1. The van der Waals surface area contributed by atoms with E-state index in [0.29, 0.717) is 11.4 Å². The predicted octanol–water partition coefficient (Wildman–Crippen LogP) is 4.13. The molecule has 1 fully saturated rings. The normalized spacial score (nSPS) is 15.7. The van der Waals surface area contributed by atoms with Crippen molar-refractivity contribution < 1.29 is 13.9 Å². The van der Waals surface area contributed by atoms with E-state index < -0.39 is 0 Å². The van der Waals surface area contributed by atoms with Gasteiger partial charge in [-0.25, -0.2) is 14.4 Å². The van der Waals surface area contributed by atoms with Gasteiger partial charge in [0.2, 0.25) is 5.88 Å². The summed E-state index contributed by atoms with van der Waals surface area (Å²) in [5, 5.41) is 0.734. The molecule has 2 aromatic heterocycles. The molecule has 0 aliphatic carbocycles. The van der Waals surface area contributed by atoms with E-state index in [1.165, 1.54) is 11.6 Å². The lowest BCUT2D eigenvalue weighted by molar-refractivity contribution is 0.0978. The van der Waals surface area contributed by atoms with Crippen LogP contribution in [0.4, 0.5) is 4.39 Å². The number of benzene rings is 1. The Balaban J connectivity index is 1.39. The smallest absolute Gasteiger partial charge is 0.212 e. The first-order chi connectivity index (χ1) is 13.6. The van der Waals surface area contributed by atoms with Gasteiger partial charge >= 0.3 is 0 Å². The second kappa shape index (κ2) is 8.10. The molecule has 146 valence electrons. The van der Waals surface area contributed by atoms with E-state index in [-0.39, 0.29) is 11.9 Å². The predicted molar refractivity (Wildman–Crippen MR) is 106 cm³/mol. The number of aryl methyl sites for hydroxylation is 1. The molecule has 4 rings (SSSR count). The van der Waals surface area contributed by atoms with Crippen molar-refractivity contribution in [1.82, 2.24) is 14.9 Å². The highest BCUT2D eigenvalue weighted by molar-refractivity contribution is 5.85. The lowest BCUT2D eigenvalue weighted by atomic mass is 10.1. The van der Waals surface area contributed by atoms with Crippen molar-refractivity contribution in [3.05, 3.63) is 59.7 Å². The lowest BCUT2D eigenvalue weighted by Gasteiger charge is -2.32. The zero-order valence-electron chi connectivity index (χ0n) is 16.2. The van der Waals surface area contributed by atoms with Crippen LogP contribution in [0.25, 0.3) is 10.9 Å². The van der Waals surface area contributed by atoms with Crippen LogP contribution in [0.5, 0.6) is 11.6 Å². The van der Waals surface area contributed by atoms with Gasteiger partial charge in [0.15, 0.2) is 0 Å². The van der Waals surface area contributed by atoms with Crippen molar-refractivity contribution in [2.45, 2.75) is 32.4 Å². The molecular weight excluding hydrogens is 357 g/mol. The van der Waals surface area contributed by atoms with E-state index in [4.69, 9.17) is 9.47 Å². The highest BCUT2D eigenvalue weighted by Crippen LogP contribution is 2.29. The van der Waals surface area contributed by atoms with Gasteiger partial charge in [0.05, 0.1) is 7.11 Å². The molecule has 1 aromatic carbocycles. The highest BCUT2D eigenvalue weighted by atomic mass is 19.1. The summed E-state index contributed by atoms with van der Waals surface area (Å²) in [4.78, 5) is 11.0. The average Bonchev–Trinajstić information content (AvgIpc) is 2.71. The molecule has 0 spiro atoms. The Morgan fingerprint density at radius 3 is 2.71 bits per heavy atom. The standard InChI is InChI=1S/C22H24FN3O2/c1-15-12-20(18-4-3-5-19(23)22(18)25-15)28-17-8-10-26(11-9-17)14-16-6-7-21(27-2)24-13-16/h3-7,12-13,17H,8-11,14H2,1-2H3. The second-order valence-electron chi connectivity index (χ2n) is 7.20. The topological polar surface area (TPSA) is 47.5 Å². The van der Waals surface area contributed by atoms with Gasteiger partial charge in [-0.3, -0.25) is 4.90 Å². The minimum absolute atomic E-state index is 0.124. The Hall–Kier alpha value is -2.73. The molecule has 0 saturated carbocycles. The fourth-order valence-corrected chi connectivity index (χ4v) is 3.65. The summed E-state index contributed by atoms with van der Waals surface area (Å²) >= 11 is 0. The summed E-state index contributed by atoms with van der Waals surface area (Å²) in [6.45, 7) is 4.64. The van der Waals surface area contributed by atoms with Gasteiger partial charge in [-0.15, -0.1) is 0 Å². The molecule has 0 amide bonds. The van der Waals surface area contributed by atoms with Crippen LogP contribution in [0.15, 0.2) is 42.6 Å². The van der Waals surface area contributed by atoms with Crippen LogP contribution in [-0.4, -0.2) is 41.2 Å². The molecule has 28 heavy (non-hydrogen) atoms. The number of para-hydroxylation sites is 1. The van der Waals surface area contributed by atoms with E-state index in [1.54, 1.807) is 13.2 Å². The molecular formula is C22H24FN3O2. The largest absolute Gasteiger partial charge is 0.490 e. The minimum atomic E-state index is -0.311. The van der Waals surface area contributed by atoms with Crippen molar-refractivity contribution >= 4 is 10.9 Å². The molecule has 5 nitrogen and oxygen atoms in total. The van der Waals surface area contributed by atoms with Gasteiger partial charge in [-0.2, -0.15) is 0 Å². The Morgan fingerprint density at radius 1 is 1.18 bits per heavy atom. The van der Waals surface area contributed by atoms with Gasteiger partial charge in [0.25, 0.3) is 0 Å². The summed E-state index contributed by atoms with van der Waals surface area (Å²) in [6, 6.07) is 10.8. The number of nitrogens with zero attached hydrogens (tertiary/aromatic N) is 3. The number of ether oxygens (including phenoxy) is 2. The molecule has 0 bridgehead atoms. The number of likely N-dealkylation sites (tertiary alicyclic amines) is 1. The molecule has 1 aliphatic heterocycles. The van der Waals surface area contributed by atoms with Crippen LogP contribution in [0, 0.1) is 12.7 Å². The molecule has 1 aliphatic rings. The molecule has 0 atom stereocenters. The quantitative estimate of drug-likeness (QED) is 0.665. The monoisotopic (exact) mass is 381 g/mol. The second-order valence-corrected chi connectivity index (χ2v) is 7.20. The number of methoxy groups -OCH3 is 1. The Kier molecular flexibility index (Phi) is 5.39. The first-order valence-corrected chi connectivity index (χ1v) is 9.56.